The Morgan fingerprint density at radius 3 is 3.00 bits per heavy atom. The van der Waals surface area contributed by atoms with E-state index in [-0.39, 0.29) is 18.6 Å². The van der Waals surface area contributed by atoms with Crippen LogP contribution in [0.4, 0.5) is 0 Å². The first-order chi connectivity index (χ1) is 13.0. The molecule has 3 aromatic rings. The number of hydrogen-bond donors (Lipinski definition) is 0. The maximum Gasteiger partial charge on any atom is 0.310 e. The molecule has 0 amide bonds. The summed E-state index contributed by atoms with van der Waals surface area (Å²) >= 11 is 7.54. The number of ether oxygens (including phenoxy) is 3. The predicted molar refractivity (Wildman–Crippen MR) is 100 cm³/mol. The quantitative estimate of drug-likeness (QED) is 0.620. The standard InChI is InChI=1S/C18H15ClN2O5S/c1-10-9-27-18-20-12(7-15(22)21(10)18)8-26-16(23)6-11-4-13(19)17-14(5-11)24-2-3-25-17/h4-5,7,9H,2-3,6,8H2,1H3. The maximum atomic E-state index is 12.2. The minimum atomic E-state index is -0.452. The topological polar surface area (TPSA) is 79.1 Å². The van der Waals surface area contributed by atoms with Crippen LogP contribution in [0.25, 0.3) is 4.96 Å². The van der Waals surface area contributed by atoms with Gasteiger partial charge in [-0.05, 0) is 24.6 Å². The summed E-state index contributed by atoms with van der Waals surface area (Å²) in [6, 6.07) is 4.75. The Morgan fingerprint density at radius 1 is 1.33 bits per heavy atom. The third kappa shape index (κ3) is 3.63. The number of thiazole rings is 1. The molecule has 1 aliphatic rings. The smallest absolute Gasteiger partial charge is 0.310 e. The maximum absolute atomic E-state index is 12.2. The Labute approximate surface area is 163 Å². The van der Waals surface area contributed by atoms with Gasteiger partial charge in [-0.2, -0.15) is 0 Å². The summed E-state index contributed by atoms with van der Waals surface area (Å²) in [5.74, 6) is 0.557. The summed E-state index contributed by atoms with van der Waals surface area (Å²) in [5, 5.41) is 2.24. The molecule has 2 aromatic heterocycles. The number of aryl methyl sites for hydroxylation is 1. The minimum Gasteiger partial charge on any atom is -0.486 e. The van der Waals surface area contributed by atoms with Crippen LogP contribution in [0.1, 0.15) is 17.0 Å². The molecule has 3 heterocycles. The van der Waals surface area contributed by atoms with Crippen molar-refractivity contribution < 1.29 is 19.0 Å². The highest BCUT2D eigenvalue weighted by molar-refractivity contribution is 7.15. The lowest BCUT2D eigenvalue weighted by atomic mass is 10.1. The van der Waals surface area contributed by atoms with Crippen molar-refractivity contribution in [2.24, 2.45) is 0 Å². The van der Waals surface area contributed by atoms with Crippen LogP contribution in [-0.2, 0) is 22.6 Å². The van der Waals surface area contributed by atoms with Gasteiger partial charge in [0.2, 0.25) is 0 Å². The highest BCUT2D eigenvalue weighted by Gasteiger charge is 2.18. The van der Waals surface area contributed by atoms with Gasteiger partial charge in [0.1, 0.15) is 19.8 Å². The molecule has 140 valence electrons. The van der Waals surface area contributed by atoms with Crippen molar-refractivity contribution in [3.05, 3.63) is 55.9 Å². The van der Waals surface area contributed by atoms with Crippen LogP contribution in [0, 0.1) is 6.92 Å². The molecule has 0 saturated carbocycles. The van der Waals surface area contributed by atoms with Crippen LogP contribution in [0.15, 0.2) is 28.4 Å². The molecule has 0 unspecified atom stereocenters. The summed E-state index contributed by atoms with van der Waals surface area (Å²) in [7, 11) is 0. The van der Waals surface area contributed by atoms with Crippen LogP contribution < -0.4 is 15.0 Å². The fourth-order valence-electron chi connectivity index (χ4n) is 2.81. The highest BCUT2D eigenvalue weighted by atomic mass is 35.5. The first-order valence-electron chi connectivity index (χ1n) is 8.21. The lowest BCUT2D eigenvalue weighted by Crippen LogP contribution is -2.17. The van der Waals surface area contributed by atoms with Crippen LogP contribution in [0.3, 0.4) is 0 Å². The van der Waals surface area contributed by atoms with Gasteiger partial charge in [-0.3, -0.25) is 14.0 Å². The van der Waals surface area contributed by atoms with Crippen LogP contribution >= 0.6 is 22.9 Å². The molecule has 0 fully saturated rings. The number of halogens is 1. The number of hydrogen-bond acceptors (Lipinski definition) is 7. The SMILES string of the molecule is Cc1csc2nc(COC(=O)Cc3cc(Cl)c4c(c3)OCCO4)cc(=O)n12. The van der Waals surface area contributed by atoms with Gasteiger partial charge in [0, 0.05) is 17.1 Å². The second-order valence-electron chi connectivity index (χ2n) is 6.02. The molecule has 4 rings (SSSR count). The Morgan fingerprint density at radius 2 is 2.15 bits per heavy atom. The van der Waals surface area contributed by atoms with Crippen molar-refractivity contribution in [3.63, 3.8) is 0 Å². The average Bonchev–Trinajstić information content (AvgIpc) is 3.01. The first-order valence-corrected chi connectivity index (χ1v) is 9.47. The molecule has 0 bridgehead atoms. The van der Waals surface area contributed by atoms with Gasteiger partial charge in [0.25, 0.3) is 5.56 Å². The van der Waals surface area contributed by atoms with Crippen molar-refractivity contribution >= 4 is 33.9 Å². The number of carbonyl (C=O) groups excluding carboxylic acids is 1. The van der Waals surface area contributed by atoms with Crippen LogP contribution in [-0.4, -0.2) is 28.6 Å². The second-order valence-corrected chi connectivity index (χ2v) is 7.26. The zero-order chi connectivity index (χ0) is 19.0. The monoisotopic (exact) mass is 406 g/mol. The summed E-state index contributed by atoms with van der Waals surface area (Å²) in [4.78, 5) is 29.2. The van der Waals surface area contributed by atoms with Crippen molar-refractivity contribution in [1.82, 2.24) is 9.38 Å². The normalized spacial score (nSPS) is 13.0. The molecule has 0 saturated heterocycles. The molecule has 1 aliphatic heterocycles. The molecule has 1 aromatic carbocycles. The fourth-order valence-corrected chi connectivity index (χ4v) is 3.99. The van der Waals surface area contributed by atoms with Gasteiger partial charge >= 0.3 is 5.97 Å². The summed E-state index contributed by atoms with van der Waals surface area (Å²) in [5.41, 5.74) is 1.71. The van der Waals surface area contributed by atoms with E-state index < -0.39 is 5.97 Å². The Balaban J connectivity index is 1.44. The number of fused-ring (bicyclic) bond motifs is 2. The molecule has 0 spiro atoms. The van der Waals surface area contributed by atoms with E-state index in [0.717, 1.165) is 5.69 Å². The lowest BCUT2D eigenvalue weighted by Gasteiger charge is -2.20. The summed E-state index contributed by atoms with van der Waals surface area (Å²) < 4.78 is 17.7. The van der Waals surface area contributed by atoms with Gasteiger partial charge in [-0.25, -0.2) is 4.98 Å². The third-order valence-corrected chi connectivity index (χ3v) is 5.24. The fraction of sp³-hybridized carbons (Fsp3) is 0.278. The summed E-state index contributed by atoms with van der Waals surface area (Å²) in [6.07, 6.45) is 0.0235. The van der Waals surface area contributed by atoms with Crippen LogP contribution in [0.5, 0.6) is 11.5 Å². The molecular formula is C18H15ClN2O5S. The third-order valence-electron chi connectivity index (χ3n) is 4.01. The summed E-state index contributed by atoms with van der Waals surface area (Å²) in [6.45, 7) is 2.64. The van der Waals surface area contributed by atoms with Crippen molar-refractivity contribution in [2.45, 2.75) is 20.0 Å². The van der Waals surface area contributed by atoms with E-state index in [9.17, 15) is 9.59 Å². The minimum absolute atomic E-state index is 0.0235. The highest BCUT2D eigenvalue weighted by Crippen LogP contribution is 2.38. The van der Waals surface area contributed by atoms with E-state index in [1.165, 1.54) is 21.8 Å². The molecule has 0 aliphatic carbocycles. The molecule has 7 nitrogen and oxygen atoms in total. The first kappa shape index (κ1) is 17.8. The van der Waals surface area contributed by atoms with E-state index in [0.29, 0.717) is 46.0 Å². The molecular weight excluding hydrogens is 392 g/mol. The Kier molecular flexibility index (Phi) is 4.75. The zero-order valence-corrected chi connectivity index (χ0v) is 15.9. The van der Waals surface area contributed by atoms with Gasteiger partial charge in [-0.1, -0.05) is 11.6 Å². The van der Waals surface area contributed by atoms with Gasteiger partial charge in [0.15, 0.2) is 16.5 Å². The van der Waals surface area contributed by atoms with E-state index >= 15 is 0 Å². The van der Waals surface area contributed by atoms with Gasteiger partial charge in [0.05, 0.1) is 17.1 Å². The number of esters is 1. The molecule has 0 atom stereocenters. The molecule has 0 radical (unpaired) electrons. The molecule has 27 heavy (non-hydrogen) atoms. The predicted octanol–water partition coefficient (Wildman–Crippen LogP) is 2.77. The molecule has 9 heteroatoms. The number of rotatable bonds is 4. The Hall–Kier alpha value is -2.58. The van der Waals surface area contributed by atoms with Crippen molar-refractivity contribution in [2.75, 3.05) is 13.2 Å². The van der Waals surface area contributed by atoms with E-state index in [4.69, 9.17) is 25.8 Å². The van der Waals surface area contributed by atoms with Crippen molar-refractivity contribution in [1.29, 1.82) is 0 Å². The molecule has 0 N–H and O–H groups in total. The number of carbonyl (C=O) groups is 1. The van der Waals surface area contributed by atoms with E-state index in [1.807, 2.05) is 12.3 Å². The lowest BCUT2D eigenvalue weighted by molar-refractivity contribution is -0.144. The van der Waals surface area contributed by atoms with E-state index in [2.05, 4.69) is 4.98 Å². The average molecular weight is 407 g/mol. The number of aromatic nitrogens is 2. The Bertz CT molecular complexity index is 1090. The van der Waals surface area contributed by atoms with Gasteiger partial charge < -0.3 is 14.2 Å². The number of nitrogens with zero attached hydrogens (tertiary/aromatic N) is 2. The largest absolute Gasteiger partial charge is 0.486 e. The zero-order valence-electron chi connectivity index (χ0n) is 14.4. The van der Waals surface area contributed by atoms with Gasteiger partial charge in [-0.15, -0.1) is 11.3 Å². The second kappa shape index (κ2) is 7.21. The number of benzene rings is 1. The van der Waals surface area contributed by atoms with Crippen LogP contribution in [0.2, 0.25) is 5.02 Å². The van der Waals surface area contributed by atoms with E-state index in [1.54, 1.807) is 12.1 Å². The van der Waals surface area contributed by atoms with Crippen molar-refractivity contribution in [3.8, 4) is 11.5 Å².